The largest absolute Gasteiger partial charge is 0.479 e. The first kappa shape index (κ1) is 12.6. The summed E-state index contributed by atoms with van der Waals surface area (Å²) in [5.41, 5.74) is -0.467. The highest BCUT2D eigenvalue weighted by Crippen LogP contribution is 2.33. The lowest BCUT2D eigenvalue weighted by Crippen LogP contribution is -2.52. The third-order valence-corrected chi connectivity index (χ3v) is 3.74. The molecule has 0 aromatic heterocycles. The fourth-order valence-corrected chi connectivity index (χ4v) is 2.65. The van der Waals surface area contributed by atoms with Crippen molar-refractivity contribution >= 4 is 11.9 Å². The zero-order valence-electron chi connectivity index (χ0n) is 10.4. The molecule has 0 spiro atoms. The van der Waals surface area contributed by atoms with Gasteiger partial charge in [-0.2, -0.15) is 0 Å². The Bertz CT molecular complexity index is 457. The maximum absolute atomic E-state index is 12.4. The first-order valence-corrected chi connectivity index (χ1v) is 6.22. The van der Waals surface area contributed by atoms with E-state index in [-0.39, 0.29) is 5.91 Å². The molecule has 4 heteroatoms. The van der Waals surface area contributed by atoms with Gasteiger partial charge in [0.2, 0.25) is 0 Å². The van der Waals surface area contributed by atoms with Gasteiger partial charge in [-0.15, -0.1) is 0 Å². The van der Waals surface area contributed by atoms with Crippen LogP contribution in [0.3, 0.4) is 0 Å². The highest BCUT2D eigenvalue weighted by atomic mass is 16.4. The summed E-state index contributed by atoms with van der Waals surface area (Å²) in [6, 6.07) is 8.87. The van der Waals surface area contributed by atoms with Crippen molar-refractivity contribution < 1.29 is 14.7 Å². The van der Waals surface area contributed by atoms with E-state index < -0.39 is 11.5 Å². The normalized spacial score (nSPS) is 23.1. The molecule has 1 atom stereocenters. The second kappa shape index (κ2) is 4.80. The van der Waals surface area contributed by atoms with Crippen LogP contribution in [0.4, 0.5) is 0 Å². The van der Waals surface area contributed by atoms with Gasteiger partial charge in [0.1, 0.15) is 5.54 Å². The molecule has 1 saturated heterocycles. The molecular weight excluding hydrogens is 230 g/mol. The average molecular weight is 247 g/mol. The van der Waals surface area contributed by atoms with Crippen LogP contribution in [-0.4, -0.2) is 34.0 Å². The smallest absolute Gasteiger partial charge is 0.329 e. The van der Waals surface area contributed by atoms with Crippen LogP contribution in [-0.2, 0) is 4.79 Å². The van der Waals surface area contributed by atoms with Crippen LogP contribution in [0.25, 0.3) is 0 Å². The lowest BCUT2D eigenvalue weighted by molar-refractivity contribution is -0.148. The van der Waals surface area contributed by atoms with Crippen LogP contribution in [0, 0.1) is 0 Å². The van der Waals surface area contributed by atoms with Crippen molar-refractivity contribution in [2.24, 2.45) is 0 Å². The van der Waals surface area contributed by atoms with Crippen LogP contribution in [0.2, 0.25) is 0 Å². The summed E-state index contributed by atoms with van der Waals surface area (Å²) in [5.74, 6) is -1.08. The van der Waals surface area contributed by atoms with Crippen molar-refractivity contribution in [3.05, 3.63) is 35.9 Å². The molecule has 1 unspecified atom stereocenters. The summed E-state index contributed by atoms with van der Waals surface area (Å²) in [4.78, 5) is 25.4. The fraction of sp³-hybridized carbons (Fsp3) is 0.429. The van der Waals surface area contributed by atoms with Crippen LogP contribution < -0.4 is 0 Å². The van der Waals surface area contributed by atoms with E-state index in [0.29, 0.717) is 24.9 Å². The second-order valence-electron chi connectivity index (χ2n) is 4.62. The van der Waals surface area contributed by atoms with Gasteiger partial charge >= 0.3 is 5.97 Å². The highest BCUT2D eigenvalue weighted by molar-refractivity contribution is 5.98. The second-order valence-corrected chi connectivity index (χ2v) is 4.62. The Labute approximate surface area is 106 Å². The van der Waals surface area contributed by atoms with Crippen molar-refractivity contribution in [3.63, 3.8) is 0 Å². The molecule has 2 rings (SSSR count). The van der Waals surface area contributed by atoms with E-state index in [2.05, 4.69) is 0 Å². The van der Waals surface area contributed by atoms with Gasteiger partial charge in [-0.25, -0.2) is 4.79 Å². The minimum atomic E-state index is -1.02. The fourth-order valence-electron chi connectivity index (χ4n) is 2.65. The standard InChI is InChI=1S/C14H17NO3/c1-2-14(13(17)18)9-6-10-15(14)12(16)11-7-4-3-5-8-11/h3-5,7-8H,2,6,9-10H2,1H3,(H,17,18). The number of rotatable bonds is 3. The van der Waals surface area contributed by atoms with Crippen LogP contribution in [0.1, 0.15) is 36.5 Å². The summed E-state index contributed by atoms with van der Waals surface area (Å²) in [6.07, 6.45) is 1.73. The van der Waals surface area contributed by atoms with E-state index in [1.165, 1.54) is 4.90 Å². The third-order valence-electron chi connectivity index (χ3n) is 3.74. The number of hydrogen-bond acceptors (Lipinski definition) is 2. The number of nitrogens with zero attached hydrogens (tertiary/aromatic N) is 1. The maximum Gasteiger partial charge on any atom is 0.329 e. The number of carbonyl (C=O) groups excluding carboxylic acids is 1. The number of carbonyl (C=O) groups is 2. The molecule has 0 saturated carbocycles. The SMILES string of the molecule is CCC1(C(=O)O)CCCN1C(=O)c1ccccc1. The van der Waals surface area contributed by atoms with E-state index in [1.54, 1.807) is 24.3 Å². The first-order chi connectivity index (χ1) is 8.62. The van der Waals surface area contributed by atoms with Crippen LogP contribution in [0.5, 0.6) is 0 Å². The van der Waals surface area contributed by atoms with Crippen molar-refractivity contribution in [3.8, 4) is 0 Å². The summed E-state index contributed by atoms with van der Waals surface area (Å²) in [6.45, 7) is 2.35. The monoisotopic (exact) mass is 247 g/mol. The van der Waals surface area contributed by atoms with E-state index in [0.717, 1.165) is 6.42 Å². The van der Waals surface area contributed by atoms with E-state index in [1.807, 2.05) is 13.0 Å². The van der Waals surface area contributed by atoms with Crippen molar-refractivity contribution in [2.75, 3.05) is 6.54 Å². The minimum absolute atomic E-state index is 0.183. The van der Waals surface area contributed by atoms with Crippen molar-refractivity contribution in [1.82, 2.24) is 4.90 Å². The summed E-state index contributed by atoms with van der Waals surface area (Å²) in [7, 11) is 0. The first-order valence-electron chi connectivity index (χ1n) is 6.22. The van der Waals surface area contributed by atoms with E-state index in [9.17, 15) is 14.7 Å². The molecule has 0 radical (unpaired) electrons. The van der Waals surface area contributed by atoms with Gasteiger partial charge in [0.15, 0.2) is 0 Å². The third kappa shape index (κ3) is 1.88. The molecule has 96 valence electrons. The molecule has 1 aromatic rings. The van der Waals surface area contributed by atoms with Gasteiger partial charge in [-0.05, 0) is 31.4 Å². The number of carboxylic acid groups (broad SMARTS) is 1. The van der Waals surface area contributed by atoms with Gasteiger partial charge in [0.05, 0.1) is 0 Å². The number of hydrogen-bond donors (Lipinski definition) is 1. The predicted octanol–water partition coefficient (Wildman–Crippen LogP) is 2.16. The highest BCUT2D eigenvalue weighted by Gasteiger charge is 2.48. The van der Waals surface area contributed by atoms with Crippen molar-refractivity contribution in [2.45, 2.75) is 31.7 Å². The number of likely N-dealkylation sites (tertiary alicyclic amines) is 1. The van der Waals surface area contributed by atoms with Crippen LogP contribution in [0.15, 0.2) is 30.3 Å². The van der Waals surface area contributed by atoms with Gasteiger partial charge in [0, 0.05) is 12.1 Å². The Kier molecular flexibility index (Phi) is 3.36. The summed E-state index contributed by atoms with van der Waals surface area (Å²) >= 11 is 0. The molecule has 0 aliphatic carbocycles. The molecule has 1 aliphatic heterocycles. The minimum Gasteiger partial charge on any atom is -0.479 e. The number of carboxylic acids is 1. The lowest BCUT2D eigenvalue weighted by Gasteiger charge is -2.33. The Morgan fingerprint density at radius 2 is 2.00 bits per heavy atom. The summed E-state index contributed by atoms with van der Waals surface area (Å²) in [5, 5.41) is 9.44. The van der Waals surface area contributed by atoms with Crippen LogP contribution >= 0.6 is 0 Å². The predicted molar refractivity (Wildman–Crippen MR) is 67.4 cm³/mol. The molecule has 18 heavy (non-hydrogen) atoms. The molecule has 4 nitrogen and oxygen atoms in total. The summed E-state index contributed by atoms with van der Waals surface area (Å²) < 4.78 is 0. The van der Waals surface area contributed by atoms with E-state index >= 15 is 0 Å². The van der Waals surface area contributed by atoms with E-state index in [4.69, 9.17) is 0 Å². The molecule has 1 fully saturated rings. The zero-order chi connectivity index (χ0) is 13.2. The molecule has 0 bridgehead atoms. The molecular formula is C14H17NO3. The average Bonchev–Trinajstić information content (AvgIpc) is 2.84. The Balaban J connectivity index is 2.33. The quantitative estimate of drug-likeness (QED) is 0.890. The Morgan fingerprint density at radius 3 is 2.56 bits per heavy atom. The number of benzene rings is 1. The number of amides is 1. The molecule has 1 heterocycles. The van der Waals surface area contributed by atoms with Gasteiger partial charge in [-0.3, -0.25) is 4.79 Å². The van der Waals surface area contributed by atoms with Crippen molar-refractivity contribution in [1.29, 1.82) is 0 Å². The van der Waals surface area contributed by atoms with Gasteiger partial charge in [-0.1, -0.05) is 25.1 Å². The topological polar surface area (TPSA) is 57.6 Å². The molecule has 1 N–H and O–H groups in total. The molecule has 1 amide bonds. The lowest BCUT2D eigenvalue weighted by atomic mass is 9.92. The number of aliphatic carboxylic acids is 1. The molecule has 1 aromatic carbocycles. The maximum atomic E-state index is 12.4. The molecule has 1 aliphatic rings. The van der Waals surface area contributed by atoms with Gasteiger partial charge < -0.3 is 10.0 Å². The Hall–Kier alpha value is -1.84. The van der Waals surface area contributed by atoms with Gasteiger partial charge in [0.25, 0.3) is 5.91 Å². The Morgan fingerprint density at radius 1 is 1.33 bits per heavy atom. The zero-order valence-corrected chi connectivity index (χ0v) is 10.4.